The highest BCUT2D eigenvalue weighted by Crippen LogP contribution is 2.19. The number of rotatable bonds is 5. The smallest absolute Gasteiger partial charge is 0.326 e. The van der Waals surface area contributed by atoms with Crippen LogP contribution in [0.2, 0.25) is 0 Å². The van der Waals surface area contributed by atoms with E-state index in [-0.39, 0.29) is 5.91 Å². The van der Waals surface area contributed by atoms with E-state index >= 15 is 0 Å². The Balaban J connectivity index is 4.32. The van der Waals surface area contributed by atoms with Gasteiger partial charge in [-0.05, 0) is 10.7 Å². The van der Waals surface area contributed by atoms with E-state index in [0.29, 0.717) is 11.0 Å². The summed E-state index contributed by atoms with van der Waals surface area (Å²) >= 11 is 1.50. The predicted molar refractivity (Wildman–Crippen MR) is 66.6 cm³/mol. The molecule has 0 bridgehead atoms. The maximum atomic E-state index is 11.5. The van der Waals surface area contributed by atoms with E-state index in [1.807, 2.05) is 13.8 Å². The zero-order chi connectivity index (χ0) is 12.9. The van der Waals surface area contributed by atoms with Gasteiger partial charge >= 0.3 is 5.97 Å². The van der Waals surface area contributed by atoms with E-state index in [4.69, 9.17) is 5.11 Å². The Kier molecular flexibility index (Phi) is 5.86. The monoisotopic (exact) mass is 247 g/mol. The van der Waals surface area contributed by atoms with Crippen LogP contribution >= 0.6 is 11.8 Å². The molecule has 0 fully saturated rings. The Morgan fingerprint density at radius 2 is 1.81 bits per heavy atom. The minimum atomic E-state index is -0.990. The van der Waals surface area contributed by atoms with E-state index < -0.39 is 17.4 Å². The Morgan fingerprint density at radius 1 is 1.31 bits per heavy atom. The fourth-order valence-corrected chi connectivity index (χ4v) is 1.66. The lowest BCUT2D eigenvalue weighted by atomic mass is 9.87. The number of carbonyl (C=O) groups is 2. The second kappa shape index (κ2) is 6.13. The van der Waals surface area contributed by atoms with Crippen molar-refractivity contribution in [2.24, 2.45) is 5.41 Å². The van der Waals surface area contributed by atoms with Crippen LogP contribution in [0, 0.1) is 5.41 Å². The highest BCUT2D eigenvalue weighted by Gasteiger charge is 2.32. The molecule has 0 radical (unpaired) electrons. The maximum absolute atomic E-state index is 11.5. The molecular formula is C11H21NO3S. The number of aliphatic carboxylic acids is 1. The fourth-order valence-electron chi connectivity index (χ4n) is 1.09. The first-order valence-electron chi connectivity index (χ1n) is 5.28. The van der Waals surface area contributed by atoms with Crippen molar-refractivity contribution in [2.45, 2.75) is 45.9 Å². The van der Waals surface area contributed by atoms with Crippen LogP contribution in [-0.2, 0) is 9.59 Å². The molecule has 0 rings (SSSR count). The van der Waals surface area contributed by atoms with Gasteiger partial charge in [0.25, 0.3) is 0 Å². The average molecular weight is 247 g/mol. The number of hydrogen-bond donors (Lipinski definition) is 2. The molecule has 5 heteroatoms. The van der Waals surface area contributed by atoms with E-state index in [9.17, 15) is 9.59 Å². The van der Waals surface area contributed by atoms with Gasteiger partial charge in [-0.25, -0.2) is 4.79 Å². The van der Waals surface area contributed by atoms with Crippen LogP contribution in [0.15, 0.2) is 0 Å². The Bertz CT molecular complexity index is 258. The molecule has 0 saturated carbocycles. The summed E-state index contributed by atoms with van der Waals surface area (Å²) in [6.07, 6.45) is 0. The number of carbonyl (C=O) groups excluding carboxylic acids is 1. The van der Waals surface area contributed by atoms with Gasteiger partial charge in [0.15, 0.2) is 0 Å². The van der Waals surface area contributed by atoms with Crippen molar-refractivity contribution in [1.29, 1.82) is 0 Å². The van der Waals surface area contributed by atoms with Crippen LogP contribution in [0.5, 0.6) is 0 Å². The molecule has 94 valence electrons. The molecule has 0 heterocycles. The minimum Gasteiger partial charge on any atom is -0.480 e. The van der Waals surface area contributed by atoms with E-state index in [0.717, 1.165) is 0 Å². The Morgan fingerprint density at radius 3 is 2.12 bits per heavy atom. The van der Waals surface area contributed by atoms with Crippen LogP contribution in [0.4, 0.5) is 0 Å². The van der Waals surface area contributed by atoms with E-state index in [1.165, 1.54) is 11.8 Å². The zero-order valence-electron chi connectivity index (χ0n) is 10.5. The molecule has 0 aromatic carbocycles. The van der Waals surface area contributed by atoms with Gasteiger partial charge in [-0.3, -0.25) is 4.79 Å². The highest BCUT2D eigenvalue weighted by molar-refractivity contribution is 8.00. The largest absolute Gasteiger partial charge is 0.480 e. The third kappa shape index (κ3) is 6.00. The number of amides is 1. The summed E-state index contributed by atoms with van der Waals surface area (Å²) in [5.41, 5.74) is -0.482. The zero-order valence-corrected chi connectivity index (χ0v) is 11.4. The molecule has 0 aromatic rings. The van der Waals surface area contributed by atoms with E-state index in [1.54, 1.807) is 20.8 Å². The summed E-state index contributed by atoms with van der Waals surface area (Å²) in [5.74, 6) is -0.909. The second-order valence-electron chi connectivity index (χ2n) is 5.06. The van der Waals surface area contributed by atoms with Crippen LogP contribution in [-0.4, -0.2) is 34.0 Å². The summed E-state index contributed by atoms with van der Waals surface area (Å²) in [4.78, 5) is 22.5. The molecule has 0 aliphatic heterocycles. The molecule has 1 amide bonds. The average Bonchev–Trinajstić information content (AvgIpc) is 2.08. The van der Waals surface area contributed by atoms with Gasteiger partial charge in [-0.1, -0.05) is 34.6 Å². The summed E-state index contributed by atoms with van der Waals surface area (Å²) in [6.45, 7) is 9.37. The molecule has 0 spiro atoms. The van der Waals surface area contributed by atoms with Gasteiger partial charge in [-0.15, -0.1) is 11.8 Å². The molecule has 0 unspecified atom stereocenters. The van der Waals surface area contributed by atoms with Gasteiger partial charge in [0, 0.05) is 0 Å². The highest BCUT2D eigenvalue weighted by atomic mass is 32.2. The summed E-state index contributed by atoms with van der Waals surface area (Å²) in [7, 11) is 0. The van der Waals surface area contributed by atoms with E-state index in [2.05, 4.69) is 5.32 Å². The number of carboxylic acids is 1. The maximum Gasteiger partial charge on any atom is 0.326 e. The SMILES string of the molecule is CC(C)SCC(=O)N[C@H](C(=O)O)C(C)(C)C. The molecule has 0 aromatic heterocycles. The Labute approximate surface area is 101 Å². The summed E-state index contributed by atoms with van der Waals surface area (Å²) < 4.78 is 0. The van der Waals surface area contributed by atoms with Gasteiger partial charge in [0.05, 0.1) is 5.75 Å². The first-order valence-corrected chi connectivity index (χ1v) is 6.33. The van der Waals surface area contributed by atoms with Crippen molar-refractivity contribution in [3.05, 3.63) is 0 Å². The quantitative estimate of drug-likeness (QED) is 0.776. The molecular weight excluding hydrogens is 226 g/mol. The van der Waals surface area contributed by atoms with Crippen LogP contribution in [0.25, 0.3) is 0 Å². The third-order valence-corrected chi connectivity index (χ3v) is 3.06. The van der Waals surface area contributed by atoms with Gasteiger partial charge in [0.2, 0.25) is 5.91 Å². The van der Waals surface area contributed by atoms with Gasteiger partial charge < -0.3 is 10.4 Å². The molecule has 2 N–H and O–H groups in total. The van der Waals surface area contributed by atoms with Crippen LogP contribution < -0.4 is 5.32 Å². The van der Waals surface area contributed by atoms with Crippen molar-refractivity contribution in [1.82, 2.24) is 5.32 Å². The van der Waals surface area contributed by atoms with Crippen molar-refractivity contribution in [3.63, 3.8) is 0 Å². The minimum absolute atomic E-state index is 0.221. The lowest BCUT2D eigenvalue weighted by Crippen LogP contribution is -2.49. The molecule has 1 atom stereocenters. The predicted octanol–water partition coefficient (Wildman–Crippen LogP) is 1.74. The fraction of sp³-hybridized carbons (Fsp3) is 0.818. The Hall–Kier alpha value is -0.710. The molecule has 0 saturated heterocycles. The van der Waals surface area contributed by atoms with Crippen molar-refractivity contribution in [3.8, 4) is 0 Å². The molecule has 0 aliphatic carbocycles. The summed E-state index contributed by atoms with van der Waals surface area (Å²) in [6, 6.07) is -0.840. The van der Waals surface area contributed by atoms with Crippen LogP contribution in [0.3, 0.4) is 0 Å². The molecule has 4 nitrogen and oxygen atoms in total. The number of carboxylic acid groups (broad SMARTS) is 1. The number of nitrogens with one attached hydrogen (secondary N) is 1. The first kappa shape index (κ1) is 15.3. The normalized spacial score (nSPS) is 13.6. The lowest BCUT2D eigenvalue weighted by molar-refractivity contribution is -0.144. The lowest BCUT2D eigenvalue weighted by Gasteiger charge is -2.27. The third-order valence-electron chi connectivity index (χ3n) is 1.97. The number of hydrogen-bond acceptors (Lipinski definition) is 3. The van der Waals surface area contributed by atoms with Crippen molar-refractivity contribution >= 4 is 23.6 Å². The van der Waals surface area contributed by atoms with Crippen LogP contribution in [0.1, 0.15) is 34.6 Å². The molecule has 16 heavy (non-hydrogen) atoms. The standard InChI is InChI=1S/C11H21NO3S/c1-7(2)16-6-8(13)12-9(10(14)15)11(3,4)5/h7,9H,6H2,1-5H3,(H,12,13)(H,14,15)/t9-/m1/s1. The summed E-state index contributed by atoms with van der Waals surface area (Å²) in [5, 5.41) is 11.9. The first-order chi connectivity index (χ1) is 7.14. The topological polar surface area (TPSA) is 66.4 Å². The second-order valence-corrected chi connectivity index (χ2v) is 6.63. The number of thioether (sulfide) groups is 1. The van der Waals surface area contributed by atoms with Crippen molar-refractivity contribution < 1.29 is 14.7 Å². The van der Waals surface area contributed by atoms with Gasteiger partial charge in [0.1, 0.15) is 6.04 Å². The van der Waals surface area contributed by atoms with Gasteiger partial charge in [-0.2, -0.15) is 0 Å². The molecule has 0 aliphatic rings. The van der Waals surface area contributed by atoms with Crippen molar-refractivity contribution in [2.75, 3.05) is 5.75 Å².